The number of nitrogens with zero attached hydrogens (tertiary/aromatic N) is 4. The Balaban J connectivity index is 1.50. The molecule has 0 unspecified atom stereocenters. The molecule has 0 spiro atoms. The van der Waals surface area contributed by atoms with E-state index in [0.29, 0.717) is 54.3 Å². The number of methoxy groups -OCH3 is 1. The van der Waals surface area contributed by atoms with Gasteiger partial charge in [-0.15, -0.1) is 11.3 Å². The van der Waals surface area contributed by atoms with E-state index in [0.717, 1.165) is 4.88 Å². The zero-order valence-corrected chi connectivity index (χ0v) is 22.7. The zero-order valence-electron chi connectivity index (χ0n) is 21.1. The first-order chi connectivity index (χ1) is 18.9. The van der Waals surface area contributed by atoms with E-state index in [9.17, 15) is 14.4 Å². The van der Waals surface area contributed by atoms with Crippen LogP contribution < -0.4 is 15.6 Å². The summed E-state index contributed by atoms with van der Waals surface area (Å²) in [6, 6.07) is 15.5. The first-order valence-corrected chi connectivity index (χ1v) is 13.5. The number of pyridine rings is 1. The second-order valence-electron chi connectivity index (χ2n) is 8.74. The van der Waals surface area contributed by atoms with E-state index in [1.165, 1.54) is 27.7 Å². The van der Waals surface area contributed by atoms with Crippen LogP contribution in [0.2, 0.25) is 4.34 Å². The first-order valence-electron chi connectivity index (χ1n) is 12.3. The SMILES string of the molecule is COc1ccccc1C(=O)c1cc(NCc2ccc(Cl)s2)n(-c2cccn(CC(=O)N3CCOCC3)c2=O)n1. The average molecular weight is 568 g/mol. The third-order valence-corrected chi connectivity index (χ3v) is 7.49. The Labute approximate surface area is 233 Å². The molecule has 5 rings (SSSR count). The number of aromatic nitrogens is 3. The molecule has 1 saturated heterocycles. The standard InChI is InChI=1S/C27H26ClN5O5S/c1-37-22-7-3-2-5-19(22)26(35)20-15-24(29-16-18-8-9-23(28)39-18)33(30-20)21-6-4-10-32(27(21)36)17-25(34)31-11-13-38-14-12-31/h2-10,15,29H,11-14,16-17H2,1H3. The number of carbonyl (C=O) groups is 2. The summed E-state index contributed by atoms with van der Waals surface area (Å²) in [6.07, 6.45) is 1.56. The zero-order chi connectivity index (χ0) is 27.4. The van der Waals surface area contributed by atoms with Gasteiger partial charge in [-0.2, -0.15) is 5.10 Å². The highest BCUT2D eigenvalue weighted by atomic mass is 35.5. The number of amides is 1. The minimum absolute atomic E-state index is 0.114. The minimum Gasteiger partial charge on any atom is -0.496 e. The van der Waals surface area contributed by atoms with Gasteiger partial charge in [-0.05, 0) is 36.4 Å². The molecule has 1 fully saturated rings. The molecule has 0 radical (unpaired) electrons. The second kappa shape index (κ2) is 11.9. The topological polar surface area (TPSA) is 108 Å². The molecule has 1 N–H and O–H groups in total. The van der Waals surface area contributed by atoms with E-state index in [-0.39, 0.29) is 29.6 Å². The Morgan fingerprint density at radius 2 is 1.92 bits per heavy atom. The van der Waals surface area contributed by atoms with Crippen molar-refractivity contribution in [2.24, 2.45) is 0 Å². The number of carbonyl (C=O) groups excluding carboxylic acids is 2. The van der Waals surface area contributed by atoms with Gasteiger partial charge in [-0.1, -0.05) is 23.7 Å². The highest BCUT2D eigenvalue weighted by Gasteiger charge is 2.23. The lowest BCUT2D eigenvalue weighted by atomic mass is 10.1. The van der Waals surface area contributed by atoms with Crippen LogP contribution in [0.15, 0.2) is 65.6 Å². The van der Waals surface area contributed by atoms with Crippen molar-refractivity contribution in [1.29, 1.82) is 0 Å². The van der Waals surface area contributed by atoms with Crippen molar-refractivity contribution in [3.63, 3.8) is 0 Å². The number of anilines is 1. The van der Waals surface area contributed by atoms with Crippen LogP contribution in [-0.4, -0.2) is 64.4 Å². The molecule has 0 saturated carbocycles. The minimum atomic E-state index is -0.416. The smallest absolute Gasteiger partial charge is 0.277 e. The number of thiophene rings is 1. The van der Waals surface area contributed by atoms with Crippen molar-refractivity contribution in [2.45, 2.75) is 13.1 Å². The van der Waals surface area contributed by atoms with Gasteiger partial charge in [0.1, 0.15) is 29.5 Å². The highest BCUT2D eigenvalue weighted by molar-refractivity contribution is 7.16. The van der Waals surface area contributed by atoms with Crippen molar-refractivity contribution >= 4 is 40.4 Å². The molecular formula is C27H26ClN5O5S. The van der Waals surface area contributed by atoms with Crippen LogP contribution in [0.3, 0.4) is 0 Å². The number of halogens is 1. The number of ketones is 1. The molecule has 4 aromatic rings. The summed E-state index contributed by atoms with van der Waals surface area (Å²) in [5.41, 5.74) is 0.256. The van der Waals surface area contributed by atoms with Crippen molar-refractivity contribution < 1.29 is 19.1 Å². The molecule has 0 bridgehead atoms. The highest BCUT2D eigenvalue weighted by Crippen LogP contribution is 2.25. The summed E-state index contributed by atoms with van der Waals surface area (Å²) in [5, 5.41) is 7.79. The van der Waals surface area contributed by atoms with Crippen LogP contribution in [0.1, 0.15) is 20.9 Å². The van der Waals surface area contributed by atoms with Gasteiger partial charge < -0.3 is 24.3 Å². The largest absolute Gasteiger partial charge is 0.496 e. The average Bonchev–Trinajstić information content (AvgIpc) is 3.59. The number of hydrogen-bond acceptors (Lipinski definition) is 8. The van der Waals surface area contributed by atoms with Crippen molar-refractivity contribution in [1.82, 2.24) is 19.2 Å². The molecule has 1 aromatic carbocycles. The van der Waals surface area contributed by atoms with Gasteiger partial charge >= 0.3 is 0 Å². The van der Waals surface area contributed by atoms with Crippen LogP contribution in [0.4, 0.5) is 5.82 Å². The van der Waals surface area contributed by atoms with Gasteiger partial charge in [-0.3, -0.25) is 14.4 Å². The van der Waals surface area contributed by atoms with Crippen molar-refractivity contribution in [3.05, 3.63) is 91.6 Å². The maximum atomic E-state index is 13.5. The molecule has 202 valence electrons. The number of hydrogen-bond donors (Lipinski definition) is 1. The number of ether oxygens (including phenoxy) is 2. The van der Waals surface area contributed by atoms with Crippen LogP contribution >= 0.6 is 22.9 Å². The lowest BCUT2D eigenvalue weighted by molar-refractivity contribution is -0.135. The van der Waals surface area contributed by atoms with E-state index < -0.39 is 5.56 Å². The van der Waals surface area contributed by atoms with E-state index in [1.54, 1.807) is 59.6 Å². The van der Waals surface area contributed by atoms with E-state index >= 15 is 0 Å². The van der Waals surface area contributed by atoms with Crippen LogP contribution in [-0.2, 0) is 22.6 Å². The Kier molecular flexibility index (Phi) is 8.10. The van der Waals surface area contributed by atoms with Gasteiger partial charge in [0.25, 0.3) is 5.56 Å². The fraction of sp³-hybridized carbons (Fsp3) is 0.259. The Bertz CT molecular complexity index is 1560. The van der Waals surface area contributed by atoms with Gasteiger partial charge in [0.05, 0.1) is 36.8 Å². The molecule has 3 aromatic heterocycles. The van der Waals surface area contributed by atoms with E-state index in [4.69, 9.17) is 21.1 Å². The third kappa shape index (κ3) is 5.90. The molecule has 1 aliphatic rings. The predicted molar refractivity (Wildman–Crippen MR) is 148 cm³/mol. The first kappa shape index (κ1) is 26.7. The van der Waals surface area contributed by atoms with Gasteiger partial charge in [0.2, 0.25) is 11.7 Å². The summed E-state index contributed by atoms with van der Waals surface area (Å²) < 4.78 is 14.1. The summed E-state index contributed by atoms with van der Waals surface area (Å²) in [5.74, 6) is 0.334. The van der Waals surface area contributed by atoms with Crippen LogP contribution in [0.5, 0.6) is 5.75 Å². The monoisotopic (exact) mass is 567 g/mol. The maximum absolute atomic E-state index is 13.5. The van der Waals surface area contributed by atoms with Crippen molar-refractivity contribution in [3.8, 4) is 11.4 Å². The molecule has 0 aliphatic carbocycles. The van der Waals surface area contributed by atoms with E-state index in [1.807, 2.05) is 6.07 Å². The fourth-order valence-electron chi connectivity index (χ4n) is 4.26. The predicted octanol–water partition coefficient (Wildman–Crippen LogP) is 3.46. The van der Waals surface area contributed by atoms with Crippen LogP contribution in [0, 0.1) is 0 Å². The lowest BCUT2D eigenvalue weighted by Gasteiger charge is -2.27. The molecule has 0 atom stereocenters. The molecule has 12 heteroatoms. The summed E-state index contributed by atoms with van der Waals surface area (Å²) in [6.45, 7) is 2.21. The molecule has 4 heterocycles. The lowest BCUT2D eigenvalue weighted by Crippen LogP contribution is -2.43. The maximum Gasteiger partial charge on any atom is 0.277 e. The van der Waals surface area contributed by atoms with Crippen LogP contribution in [0.25, 0.3) is 5.69 Å². The number of benzene rings is 1. The molecular weight excluding hydrogens is 542 g/mol. The Morgan fingerprint density at radius 1 is 1.13 bits per heavy atom. The third-order valence-electron chi connectivity index (χ3n) is 6.26. The number of nitrogens with one attached hydrogen (secondary N) is 1. The Morgan fingerprint density at radius 3 is 2.67 bits per heavy atom. The van der Waals surface area contributed by atoms with Gasteiger partial charge in [0.15, 0.2) is 0 Å². The summed E-state index contributed by atoms with van der Waals surface area (Å²) in [7, 11) is 1.49. The molecule has 1 aliphatic heterocycles. The quantitative estimate of drug-likeness (QED) is 0.309. The Hall–Kier alpha value is -3.93. The number of rotatable bonds is 9. The summed E-state index contributed by atoms with van der Waals surface area (Å²) >= 11 is 7.50. The number of morpholine rings is 1. The molecule has 10 nitrogen and oxygen atoms in total. The second-order valence-corrected chi connectivity index (χ2v) is 10.5. The van der Waals surface area contributed by atoms with Crippen molar-refractivity contribution in [2.75, 3.05) is 38.7 Å². The normalized spacial score (nSPS) is 13.3. The van der Waals surface area contributed by atoms with E-state index in [2.05, 4.69) is 10.4 Å². The fourth-order valence-corrected chi connectivity index (χ4v) is 5.29. The summed E-state index contributed by atoms with van der Waals surface area (Å²) in [4.78, 5) is 42.4. The number of para-hydroxylation sites is 1. The molecule has 1 amide bonds. The molecule has 39 heavy (non-hydrogen) atoms. The van der Waals surface area contributed by atoms with Gasteiger partial charge in [0, 0.05) is 30.2 Å². The van der Waals surface area contributed by atoms with Gasteiger partial charge in [-0.25, -0.2) is 4.68 Å².